The van der Waals surface area contributed by atoms with Gasteiger partial charge in [0.15, 0.2) is 0 Å². The first kappa shape index (κ1) is 14.8. The zero-order chi connectivity index (χ0) is 14.5. The molecule has 2 aromatic carbocycles. The molecule has 1 N–H and O–H groups in total. The molecule has 2 aromatic rings. The van der Waals surface area contributed by atoms with Crippen LogP contribution >= 0.6 is 15.9 Å². The van der Waals surface area contributed by atoms with Crippen LogP contribution in [0, 0.1) is 6.92 Å². The van der Waals surface area contributed by atoms with Crippen molar-refractivity contribution in [1.29, 1.82) is 0 Å². The topological polar surface area (TPSA) is 38.3 Å². The number of carbonyl (C=O) groups excluding carboxylic acids is 1. The van der Waals surface area contributed by atoms with Gasteiger partial charge in [-0.25, -0.2) is 0 Å². The van der Waals surface area contributed by atoms with Gasteiger partial charge in [0.1, 0.15) is 0 Å². The molecule has 0 saturated carbocycles. The Balaban J connectivity index is 2.09. The molecule has 0 bridgehead atoms. The van der Waals surface area contributed by atoms with Gasteiger partial charge in [0.25, 0.3) is 5.91 Å². The second-order valence-corrected chi connectivity index (χ2v) is 5.40. The Morgan fingerprint density at radius 2 is 1.90 bits per heavy atom. The molecule has 104 valence electrons. The van der Waals surface area contributed by atoms with Crippen molar-refractivity contribution in [1.82, 2.24) is 0 Å². The highest BCUT2D eigenvalue weighted by molar-refractivity contribution is 9.10. The maximum absolute atomic E-state index is 12.1. The Bertz CT molecular complexity index is 608. The third kappa shape index (κ3) is 3.68. The Morgan fingerprint density at radius 1 is 1.20 bits per heavy atom. The van der Waals surface area contributed by atoms with E-state index in [4.69, 9.17) is 4.74 Å². The highest BCUT2D eigenvalue weighted by atomic mass is 79.9. The Kier molecular flexibility index (Phi) is 4.93. The number of amides is 1. The molecule has 0 saturated heterocycles. The lowest BCUT2D eigenvalue weighted by Gasteiger charge is -2.07. The number of halogens is 1. The lowest BCUT2D eigenvalue weighted by Crippen LogP contribution is -2.11. The number of hydrogen-bond donors (Lipinski definition) is 1. The van der Waals surface area contributed by atoms with E-state index in [0.29, 0.717) is 12.2 Å². The maximum Gasteiger partial charge on any atom is 0.255 e. The van der Waals surface area contributed by atoms with Gasteiger partial charge in [-0.2, -0.15) is 0 Å². The summed E-state index contributed by atoms with van der Waals surface area (Å²) in [7, 11) is 1.65. The van der Waals surface area contributed by atoms with Gasteiger partial charge in [-0.05, 0) is 42.3 Å². The molecule has 0 aromatic heterocycles. The van der Waals surface area contributed by atoms with Crippen LogP contribution in [0.3, 0.4) is 0 Å². The highest BCUT2D eigenvalue weighted by Crippen LogP contribution is 2.21. The van der Waals surface area contributed by atoms with Crippen molar-refractivity contribution in [2.75, 3.05) is 12.4 Å². The second-order valence-electron chi connectivity index (χ2n) is 4.55. The monoisotopic (exact) mass is 333 g/mol. The molecule has 0 fully saturated rings. The number of methoxy groups -OCH3 is 1. The van der Waals surface area contributed by atoms with E-state index in [-0.39, 0.29) is 5.91 Å². The molecule has 3 nitrogen and oxygen atoms in total. The summed E-state index contributed by atoms with van der Waals surface area (Å²) in [6.45, 7) is 2.55. The minimum Gasteiger partial charge on any atom is -0.380 e. The van der Waals surface area contributed by atoms with Crippen molar-refractivity contribution in [2.24, 2.45) is 0 Å². The van der Waals surface area contributed by atoms with Gasteiger partial charge < -0.3 is 10.1 Å². The zero-order valence-electron chi connectivity index (χ0n) is 11.4. The van der Waals surface area contributed by atoms with E-state index in [1.54, 1.807) is 19.2 Å². The molecule has 0 heterocycles. The summed E-state index contributed by atoms with van der Waals surface area (Å²) in [5.74, 6) is -0.121. The number of carbonyl (C=O) groups is 1. The van der Waals surface area contributed by atoms with E-state index in [0.717, 1.165) is 21.3 Å². The van der Waals surface area contributed by atoms with Crippen molar-refractivity contribution in [3.05, 3.63) is 63.6 Å². The van der Waals surface area contributed by atoms with Crippen molar-refractivity contribution >= 4 is 27.5 Å². The lowest BCUT2D eigenvalue weighted by molar-refractivity contribution is 0.102. The number of aryl methyl sites for hydroxylation is 1. The van der Waals surface area contributed by atoms with E-state index < -0.39 is 0 Å². The molecule has 0 unspecified atom stereocenters. The molecule has 0 spiro atoms. The van der Waals surface area contributed by atoms with Gasteiger partial charge in [0.05, 0.1) is 6.61 Å². The van der Waals surface area contributed by atoms with Crippen molar-refractivity contribution < 1.29 is 9.53 Å². The normalized spacial score (nSPS) is 10.3. The number of rotatable bonds is 4. The summed E-state index contributed by atoms with van der Waals surface area (Å²) in [6.07, 6.45) is 0. The Hall–Kier alpha value is -1.65. The maximum atomic E-state index is 12.1. The van der Waals surface area contributed by atoms with Gasteiger partial charge in [0.2, 0.25) is 0 Å². The molecule has 2 rings (SSSR count). The minimum absolute atomic E-state index is 0.121. The molecular weight excluding hydrogens is 318 g/mol. The average Bonchev–Trinajstić information content (AvgIpc) is 2.44. The number of benzene rings is 2. The zero-order valence-corrected chi connectivity index (χ0v) is 13.0. The predicted molar refractivity (Wildman–Crippen MR) is 84.0 cm³/mol. The number of nitrogens with one attached hydrogen (secondary N) is 1. The van der Waals surface area contributed by atoms with E-state index >= 15 is 0 Å². The molecule has 0 aliphatic rings. The summed E-state index contributed by atoms with van der Waals surface area (Å²) in [6, 6.07) is 13.1. The molecule has 0 aliphatic carbocycles. The van der Waals surface area contributed by atoms with Gasteiger partial charge in [0, 0.05) is 22.8 Å². The lowest BCUT2D eigenvalue weighted by atomic mass is 10.1. The van der Waals surface area contributed by atoms with Gasteiger partial charge in [-0.3, -0.25) is 4.79 Å². The summed E-state index contributed by atoms with van der Waals surface area (Å²) in [4.78, 5) is 12.1. The van der Waals surface area contributed by atoms with Crippen LogP contribution in [0.5, 0.6) is 0 Å². The van der Waals surface area contributed by atoms with Gasteiger partial charge >= 0.3 is 0 Å². The third-order valence-corrected chi connectivity index (χ3v) is 3.81. The molecule has 4 heteroatoms. The molecule has 1 amide bonds. The molecule has 20 heavy (non-hydrogen) atoms. The van der Waals surface area contributed by atoms with Crippen LogP contribution in [0.25, 0.3) is 0 Å². The number of ether oxygens (including phenoxy) is 1. The predicted octanol–water partition coefficient (Wildman–Crippen LogP) is 4.16. The molecule has 0 radical (unpaired) electrons. The average molecular weight is 334 g/mol. The van der Waals surface area contributed by atoms with Crippen LogP contribution < -0.4 is 5.32 Å². The van der Waals surface area contributed by atoms with Crippen LogP contribution in [0.4, 0.5) is 5.69 Å². The quantitative estimate of drug-likeness (QED) is 0.912. The number of anilines is 1. The Labute approximate surface area is 127 Å². The van der Waals surface area contributed by atoms with Crippen LogP contribution in [-0.2, 0) is 11.3 Å². The fourth-order valence-electron chi connectivity index (χ4n) is 1.79. The van der Waals surface area contributed by atoms with Crippen LogP contribution in [-0.4, -0.2) is 13.0 Å². The molecular formula is C16H16BrNO2. The highest BCUT2D eigenvalue weighted by Gasteiger charge is 2.06. The van der Waals surface area contributed by atoms with E-state index in [1.807, 2.05) is 37.3 Å². The first-order valence-electron chi connectivity index (χ1n) is 6.25. The van der Waals surface area contributed by atoms with Gasteiger partial charge in [-0.15, -0.1) is 0 Å². The van der Waals surface area contributed by atoms with Crippen molar-refractivity contribution in [2.45, 2.75) is 13.5 Å². The van der Waals surface area contributed by atoms with Crippen LogP contribution in [0.2, 0.25) is 0 Å². The van der Waals surface area contributed by atoms with Crippen LogP contribution in [0.1, 0.15) is 21.5 Å². The fraction of sp³-hybridized carbons (Fsp3) is 0.188. The number of hydrogen-bond acceptors (Lipinski definition) is 2. The van der Waals surface area contributed by atoms with Crippen molar-refractivity contribution in [3.63, 3.8) is 0 Å². The van der Waals surface area contributed by atoms with Crippen molar-refractivity contribution in [3.8, 4) is 0 Å². The summed E-state index contributed by atoms with van der Waals surface area (Å²) in [5, 5.41) is 2.88. The van der Waals surface area contributed by atoms with Gasteiger partial charge in [-0.1, -0.05) is 34.1 Å². The van der Waals surface area contributed by atoms with E-state index in [9.17, 15) is 4.79 Å². The standard InChI is InChI=1S/C16H16BrNO2/c1-11-3-8-14(9-15(11)17)18-16(19)13-6-4-12(5-7-13)10-20-2/h3-9H,10H2,1-2H3,(H,18,19). The smallest absolute Gasteiger partial charge is 0.255 e. The van der Waals surface area contributed by atoms with Crippen LogP contribution in [0.15, 0.2) is 46.9 Å². The first-order valence-corrected chi connectivity index (χ1v) is 7.05. The molecule has 0 aliphatic heterocycles. The SMILES string of the molecule is COCc1ccc(C(=O)Nc2ccc(C)c(Br)c2)cc1. The van der Waals surface area contributed by atoms with E-state index in [2.05, 4.69) is 21.2 Å². The Morgan fingerprint density at radius 3 is 2.50 bits per heavy atom. The largest absolute Gasteiger partial charge is 0.380 e. The molecule has 0 atom stereocenters. The summed E-state index contributed by atoms with van der Waals surface area (Å²) < 4.78 is 6.02. The second kappa shape index (κ2) is 6.68. The minimum atomic E-state index is -0.121. The first-order chi connectivity index (χ1) is 9.60. The third-order valence-electron chi connectivity index (χ3n) is 2.96. The summed E-state index contributed by atoms with van der Waals surface area (Å²) in [5.41, 5.74) is 3.57. The fourth-order valence-corrected chi connectivity index (χ4v) is 2.17. The summed E-state index contributed by atoms with van der Waals surface area (Å²) >= 11 is 3.45. The van der Waals surface area contributed by atoms with E-state index in [1.165, 1.54) is 0 Å².